The van der Waals surface area contributed by atoms with Crippen LogP contribution in [-0.4, -0.2) is 46.6 Å². The number of hydrogen-bond donors (Lipinski definition) is 1. The van der Waals surface area contributed by atoms with Crippen molar-refractivity contribution in [2.75, 3.05) is 19.6 Å². The van der Waals surface area contributed by atoms with Crippen LogP contribution in [0.4, 0.5) is 0 Å². The third kappa shape index (κ3) is 3.95. The van der Waals surface area contributed by atoms with Gasteiger partial charge < -0.3 is 9.52 Å². The average molecular weight is 497 g/mol. The summed E-state index contributed by atoms with van der Waals surface area (Å²) in [6.45, 7) is 6.10. The zero-order chi connectivity index (χ0) is 25.1. The van der Waals surface area contributed by atoms with Crippen molar-refractivity contribution >= 4 is 11.0 Å². The summed E-state index contributed by atoms with van der Waals surface area (Å²) in [4.78, 5) is 17.8. The zero-order valence-electron chi connectivity index (χ0n) is 21.7. The van der Waals surface area contributed by atoms with Crippen molar-refractivity contribution in [3.63, 3.8) is 0 Å². The molecule has 2 bridgehead atoms. The number of phenols is 1. The predicted octanol–water partition coefficient (Wildman–Crippen LogP) is 5.87. The average Bonchev–Trinajstić information content (AvgIpc) is 2.92. The van der Waals surface area contributed by atoms with E-state index in [0.29, 0.717) is 29.7 Å². The molecule has 192 valence electrons. The van der Waals surface area contributed by atoms with Crippen LogP contribution in [0.1, 0.15) is 49.7 Å². The maximum absolute atomic E-state index is 12.4. The van der Waals surface area contributed by atoms with Gasteiger partial charge in [0, 0.05) is 47.8 Å². The summed E-state index contributed by atoms with van der Waals surface area (Å²) in [6.07, 6.45) is 10.4. The SMILES string of the molecule is Cc1c(O)c(CN2CCCC3=C[C@H]4C[C@@H](CN5CCCC[C@H]45)[C@@H]32)cc2c(-c3ccccc3)cc(=O)oc12. The number of aryl methyl sites for hydroxylation is 1. The fraction of sp³-hybridized carbons (Fsp3) is 0.469. The Morgan fingerprint density at radius 2 is 1.95 bits per heavy atom. The van der Waals surface area contributed by atoms with Crippen molar-refractivity contribution in [2.24, 2.45) is 11.8 Å². The lowest BCUT2D eigenvalue weighted by molar-refractivity contribution is -0.00277. The molecule has 5 heteroatoms. The van der Waals surface area contributed by atoms with Gasteiger partial charge in [-0.15, -0.1) is 0 Å². The first kappa shape index (κ1) is 23.2. The van der Waals surface area contributed by atoms with Gasteiger partial charge in [0.05, 0.1) is 0 Å². The van der Waals surface area contributed by atoms with Crippen molar-refractivity contribution in [1.82, 2.24) is 9.80 Å². The maximum Gasteiger partial charge on any atom is 0.336 e. The number of aromatic hydroxyl groups is 1. The first-order valence-electron chi connectivity index (χ1n) is 14.1. The molecule has 0 amide bonds. The molecule has 4 aliphatic rings. The van der Waals surface area contributed by atoms with Gasteiger partial charge in [-0.2, -0.15) is 0 Å². The normalized spacial score (nSPS) is 28.0. The molecule has 7 rings (SSSR count). The van der Waals surface area contributed by atoms with Gasteiger partial charge in [0.1, 0.15) is 11.3 Å². The highest BCUT2D eigenvalue weighted by Crippen LogP contribution is 2.46. The second-order valence-corrected chi connectivity index (χ2v) is 11.7. The van der Waals surface area contributed by atoms with Crippen LogP contribution in [0.15, 0.2) is 63.3 Å². The van der Waals surface area contributed by atoms with E-state index in [-0.39, 0.29) is 5.75 Å². The molecule has 1 aromatic heterocycles. The van der Waals surface area contributed by atoms with Gasteiger partial charge in [0.2, 0.25) is 0 Å². The summed E-state index contributed by atoms with van der Waals surface area (Å²) in [6, 6.07) is 14.9. The molecule has 4 atom stereocenters. The lowest BCUT2D eigenvalue weighted by Crippen LogP contribution is -2.58. The lowest BCUT2D eigenvalue weighted by atomic mass is 9.68. The zero-order valence-corrected chi connectivity index (χ0v) is 21.7. The van der Waals surface area contributed by atoms with Crippen molar-refractivity contribution in [3.05, 3.63) is 75.7 Å². The Kier molecular flexibility index (Phi) is 5.74. The Labute approximate surface area is 218 Å². The molecule has 3 aromatic rings. The molecule has 4 heterocycles. The second kappa shape index (κ2) is 9.14. The minimum atomic E-state index is -0.391. The molecule has 37 heavy (non-hydrogen) atoms. The third-order valence-corrected chi connectivity index (χ3v) is 9.54. The Balaban J connectivity index is 1.27. The van der Waals surface area contributed by atoms with Gasteiger partial charge in [0.25, 0.3) is 0 Å². The predicted molar refractivity (Wildman–Crippen MR) is 147 cm³/mol. The molecule has 2 aromatic carbocycles. The van der Waals surface area contributed by atoms with E-state index >= 15 is 0 Å². The molecule has 3 saturated heterocycles. The highest BCUT2D eigenvalue weighted by Gasteiger charge is 2.45. The number of hydrogen-bond acceptors (Lipinski definition) is 5. The second-order valence-electron chi connectivity index (χ2n) is 11.7. The molecule has 5 nitrogen and oxygen atoms in total. The van der Waals surface area contributed by atoms with Crippen LogP contribution < -0.4 is 5.63 Å². The smallest absolute Gasteiger partial charge is 0.336 e. The van der Waals surface area contributed by atoms with E-state index in [2.05, 4.69) is 21.9 Å². The van der Waals surface area contributed by atoms with Crippen LogP contribution in [0.2, 0.25) is 0 Å². The lowest BCUT2D eigenvalue weighted by Gasteiger charge is -2.54. The van der Waals surface area contributed by atoms with Gasteiger partial charge in [-0.1, -0.05) is 48.4 Å². The highest BCUT2D eigenvalue weighted by atomic mass is 16.4. The van der Waals surface area contributed by atoms with E-state index in [1.165, 1.54) is 51.6 Å². The van der Waals surface area contributed by atoms with Gasteiger partial charge in [-0.05, 0) is 81.1 Å². The van der Waals surface area contributed by atoms with Crippen LogP contribution in [0.25, 0.3) is 22.1 Å². The van der Waals surface area contributed by atoms with Crippen LogP contribution in [0.3, 0.4) is 0 Å². The molecule has 0 radical (unpaired) electrons. The molecule has 1 N–H and O–H groups in total. The molecular formula is C32H36N2O3. The standard InChI is InChI=1S/C32H36N2O3/c1-20-31(36)25(16-27-26(17-29(35)37-32(20)27)21-8-3-2-4-9-21)19-34-13-7-10-22-14-23-15-24(30(22)34)18-33-12-6-5-11-28(23)33/h2-4,8-9,14,16-17,23-24,28,30,36H,5-7,10-13,15,18-19H2,1H3/t23-,24-,28+,30+/m0/s1. The molecular weight excluding hydrogens is 460 g/mol. The number of phenolic OH excluding ortho intramolecular Hbond substituents is 1. The van der Waals surface area contributed by atoms with E-state index in [1.54, 1.807) is 11.6 Å². The third-order valence-electron chi connectivity index (χ3n) is 9.54. The first-order chi connectivity index (χ1) is 18.1. The van der Waals surface area contributed by atoms with E-state index in [4.69, 9.17) is 4.42 Å². The Hall–Kier alpha value is -2.89. The minimum absolute atomic E-state index is 0.255. The molecule has 0 unspecified atom stereocenters. The molecule has 3 aliphatic heterocycles. The summed E-state index contributed by atoms with van der Waals surface area (Å²) in [5.74, 6) is 1.64. The summed E-state index contributed by atoms with van der Waals surface area (Å²) in [5.41, 5.74) is 5.15. The van der Waals surface area contributed by atoms with Crippen molar-refractivity contribution < 1.29 is 9.52 Å². The fourth-order valence-corrected chi connectivity index (χ4v) is 7.97. The number of rotatable bonds is 3. The van der Waals surface area contributed by atoms with E-state index in [1.807, 2.05) is 37.3 Å². The van der Waals surface area contributed by atoms with Gasteiger partial charge in [0.15, 0.2) is 0 Å². The largest absolute Gasteiger partial charge is 0.507 e. The number of likely N-dealkylation sites (tertiary alicyclic amines) is 1. The summed E-state index contributed by atoms with van der Waals surface area (Å²) >= 11 is 0. The topological polar surface area (TPSA) is 56.9 Å². The van der Waals surface area contributed by atoms with Crippen LogP contribution >= 0.6 is 0 Å². The monoisotopic (exact) mass is 496 g/mol. The summed E-state index contributed by atoms with van der Waals surface area (Å²) < 4.78 is 5.63. The molecule has 0 spiro atoms. The highest BCUT2D eigenvalue weighted by molar-refractivity contribution is 5.96. The fourth-order valence-electron chi connectivity index (χ4n) is 7.97. The van der Waals surface area contributed by atoms with E-state index in [0.717, 1.165) is 40.6 Å². The van der Waals surface area contributed by atoms with Crippen molar-refractivity contribution in [2.45, 2.75) is 64.1 Å². The van der Waals surface area contributed by atoms with E-state index in [9.17, 15) is 9.90 Å². The van der Waals surface area contributed by atoms with Gasteiger partial charge in [-0.25, -0.2) is 4.79 Å². The minimum Gasteiger partial charge on any atom is -0.507 e. The van der Waals surface area contributed by atoms with Gasteiger partial charge in [-0.3, -0.25) is 9.80 Å². The first-order valence-corrected chi connectivity index (χ1v) is 14.1. The number of nitrogens with zero attached hydrogens (tertiary/aromatic N) is 2. The van der Waals surface area contributed by atoms with Gasteiger partial charge >= 0.3 is 5.63 Å². The van der Waals surface area contributed by atoms with Crippen LogP contribution in [0, 0.1) is 18.8 Å². The van der Waals surface area contributed by atoms with E-state index < -0.39 is 5.63 Å². The quantitative estimate of drug-likeness (QED) is 0.363. The Bertz CT molecular complexity index is 1430. The molecule has 0 saturated carbocycles. The summed E-state index contributed by atoms with van der Waals surface area (Å²) in [7, 11) is 0. The molecule has 1 aliphatic carbocycles. The number of piperidine rings is 3. The van der Waals surface area contributed by atoms with Crippen molar-refractivity contribution in [1.29, 1.82) is 0 Å². The Morgan fingerprint density at radius 3 is 2.81 bits per heavy atom. The summed E-state index contributed by atoms with van der Waals surface area (Å²) in [5, 5.41) is 12.2. The molecule has 3 fully saturated rings. The van der Waals surface area contributed by atoms with Crippen molar-refractivity contribution in [3.8, 4) is 16.9 Å². The van der Waals surface area contributed by atoms with Crippen LogP contribution in [0.5, 0.6) is 5.75 Å². The number of benzene rings is 2. The maximum atomic E-state index is 12.4. The van der Waals surface area contributed by atoms with Crippen LogP contribution in [-0.2, 0) is 6.54 Å². The number of fused-ring (bicyclic) bond motifs is 7. The Morgan fingerprint density at radius 1 is 1.08 bits per heavy atom.